The highest BCUT2D eigenvalue weighted by Crippen LogP contribution is 2.38. The maximum atomic E-state index is 13.4. The van der Waals surface area contributed by atoms with Gasteiger partial charge in [-0.25, -0.2) is 8.78 Å². The van der Waals surface area contributed by atoms with Gasteiger partial charge in [0.05, 0.1) is 11.7 Å². The van der Waals surface area contributed by atoms with E-state index in [4.69, 9.17) is 5.53 Å². The summed E-state index contributed by atoms with van der Waals surface area (Å²) < 4.78 is 28.6. The number of azide groups is 1. The average Bonchev–Trinajstić information content (AvgIpc) is 2.91. The summed E-state index contributed by atoms with van der Waals surface area (Å²) in [6.45, 7) is 2.32. The minimum atomic E-state index is -0.840. The van der Waals surface area contributed by atoms with Gasteiger partial charge in [0.15, 0.2) is 11.6 Å². The molecule has 2 aromatic rings. The monoisotopic (exact) mass is 274 g/mol. The first-order valence-electron chi connectivity index (χ1n) is 6.30. The molecule has 1 atom stereocenters. The second kappa shape index (κ2) is 4.65. The summed E-state index contributed by atoms with van der Waals surface area (Å²) in [5, 5.41) is 3.64. The van der Waals surface area contributed by atoms with E-state index in [0.717, 1.165) is 22.4 Å². The van der Waals surface area contributed by atoms with E-state index in [9.17, 15) is 8.78 Å². The van der Waals surface area contributed by atoms with Crippen LogP contribution in [0.2, 0.25) is 0 Å². The summed E-state index contributed by atoms with van der Waals surface area (Å²) in [6, 6.07) is 4.23. The van der Waals surface area contributed by atoms with Crippen LogP contribution in [-0.2, 0) is 13.0 Å². The van der Waals surface area contributed by atoms with Gasteiger partial charge in [0.2, 0.25) is 0 Å². The molecule has 0 saturated heterocycles. The van der Waals surface area contributed by atoms with Gasteiger partial charge in [-0.05, 0) is 34.9 Å². The fourth-order valence-corrected chi connectivity index (χ4v) is 2.71. The summed E-state index contributed by atoms with van der Waals surface area (Å²) in [7, 11) is 0. The van der Waals surface area contributed by atoms with E-state index >= 15 is 0 Å². The molecule has 0 N–H and O–H groups in total. The van der Waals surface area contributed by atoms with Gasteiger partial charge in [-0.2, -0.15) is 0 Å². The Kier molecular flexibility index (Phi) is 2.95. The first-order valence-corrected chi connectivity index (χ1v) is 6.30. The van der Waals surface area contributed by atoms with Crippen LogP contribution in [0.1, 0.15) is 18.1 Å². The van der Waals surface area contributed by atoms with Crippen molar-refractivity contribution in [3.63, 3.8) is 0 Å². The second-order valence-corrected chi connectivity index (χ2v) is 5.00. The molecule has 3 rings (SSSR count). The molecule has 1 unspecified atom stereocenters. The van der Waals surface area contributed by atoms with Gasteiger partial charge >= 0.3 is 0 Å². The van der Waals surface area contributed by atoms with Crippen molar-refractivity contribution in [3.05, 3.63) is 57.6 Å². The molecular formula is C14H12F2N4. The maximum absolute atomic E-state index is 13.4. The molecule has 20 heavy (non-hydrogen) atoms. The summed E-state index contributed by atoms with van der Waals surface area (Å²) in [6.07, 6.45) is 2.49. The van der Waals surface area contributed by atoms with Crippen LogP contribution in [-0.4, -0.2) is 10.6 Å². The van der Waals surface area contributed by atoms with Crippen molar-refractivity contribution in [2.24, 2.45) is 5.11 Å². The molecule has 0 spiro atoms. The zero-order valence-electron chi connectivity index (χ0n) is 10.8. The molecule has 6 heteroatoms. The highest BCUT2D eigenvalue weighted by atomic mass is 19.2. The number of halogens is 2. The van der Waals surface area contributed by atoms with Crippen molar-refractivity contribution in [2.45, 2.75) is 25.9 Å². The fourth-order valence-electron chi connectivity index (χ4n) is 2.71. The molecule has 0 radical (unpaired) electrons. The minimum absolute atomic E-state index is 0.203. The maximum Gasteiger partial charge on any atom is 0.159 e. The van der Waals surface area contributed by atoms with Gasteiger partial charge < -0.3 is 4.57 Å². The predicted molar refractivity (Wildman–Crippen MR) is 71.2 cm³/mol. The van der Waals surface area contributed by atoms with Gasteiger partial charge in [0.1, 0.15) is 0 Å². The SMILES string of the molecule is CC(Cn1ccc2c1-c1cc(F)c(F)cc1C2)N=[N+]=[N-]. The topological polar surface area (TPSA) is 53.7 Å². The molecule has 1 aliphatic rings. The van der Waals surface area contributed by atoms with Crippen molar-refractivity contribution in [1.82, 2.24) is 4.57 Å². The molecular weight excluding hydrogens is 262 g/mol. The van der Waals surface area contributed by atoms with Crippen molar-refractivity contribution < 1.29 is 8.78 Å². The molecule has 0 amide bonds. The van der Waals surface area contributed by atoms with Crippen molar-refractivity contribution in [1.29, 1.82) is 0 Å². The third kappa shape index (κ3) is 1.94. The van der Waals surface area contributed by atoms with E-state index in [1.54, 1.807) is 0 Å². The number of hydrogen-bond donors (Lipinski definition) is 0. The van der Waals surface area contributed by atoms with E-state index in [0.29, 0.717) is 13.0 Å². The lowest BCUT2D eigenvalue weighted by atomic mass is 10.1. The van der Waals surface area contributed by atoms with Crippen LogP contribution < -0.4 is 0 Å². The van der Waals surface area contributed by atoms with E-state index in [1.165, 1.54) is 12.1 Å². The first-order chi connectivity index (χ1) is 9.60. The Hall–Kier alpha value is -2.33. The van der Waals surface area contributed by atoms with Gasteiger partial charge in [-0.15, -0.1) is 0 Å². The zero-order chi connectivity index (χ0) is 14.3. The number of hydrogen-bond acceptors (Lipinski definition) is 1. The van der Waals surface area contributed by atoms with Crippen LogP contribution in [0.5, 0.6) is 0 Å². The minimum Gasteiger partial charge on any atom is -0.347 e. The largest absolute Gasteiger partial charge is 0.347 e. The number of fused-ring (bicyclic) bond motifs is 3. The third-order valence-corrected chi connectivity index (χ3v) is 3.54. The van der Waals surface area contributed by atoms with E-state index in [1.807, 2.05) is 23.8 Å². The van der Waals surface area contributed by atoms with E-state index in [2.05, 4.69) is 10.0 Å². The Morgan fingerprint density at radius 1 is 1.35 bits per heavy atom. The molecule has 1 aromatic carbocycles. The molecule has 1 aliphatic carbocycles. The lowest BCUT2D eigenvalue weighted by Crippen LogP contribution is -2.10. The molecule has 1 aromatic heterocycles. The molecule has 4 nitrogen and oxygen atoms in total. The zero-order valence-corrected chi connectivity index (χ0v) is 10.8. The second-order valence-electron chi connectivity index (χ2n) is 5.00. The van der Waals surface area contributed by atoms with Crippen LogP contribution >= 0.6 is 0 Å². The highest BCUT2D eigenvalue weighted by Gasteiger charge is 2.24. The van der Waals surface area contributed by atoms with Crippen LogP contribution in [0.4, 0.5) is 8.78 Å². The standard InChI is InChI=1S/C14H12F2N4/c1-8(18-19-17)7-20-3-2-9-4-10-5-12(15)13(16)6-11(10)14(9)20/h2-3,5-6,8H,4,7H2,1H3. The van der Waals surface area contributed by atoms with Gasteiger partial charge in [-0.1, -0.05) is 12.0 Å². The summed E-state index contributed by atoms with van der Waals surface area (Å²) >= 11 is 0. The Balaban J connectivity index is 2.04. The Morgan fingerprint density at radius 2 is 2.10 bits per heavy atom. The Morgan fingerprint density at radius 3 is 2.85 bits per heavy atom. The van der Waals surface area contributed by atoms with E-state index in [-0.39, 0.29) is 6.04 Å². The van der Waals surface area contributed by atoms with Crippen LogP contribution in [0, 0.1) is 11.6 Å². The molecule has 102 valence electrons. The van der Waals surface area contributed by atoms with Crippen molar-refractivity contribution in [2.75, 3.05) is 0 Å². The average molecular weight is 274 g/mol. The number of benzene rings is 1. The summed E-state index contributed by atoms with van der Waals surface area (Å²) in [5.74, 6) is -1.66. The fraction of sp³-hybridized carbons (Fsp3) is 0.286. The molecule has 0 bridgehead atoms. The van der Waals surface area contributed by atoms with Crippen LogP contribution in [0.3, 0.4) is 0 Å². The summed E-state index contributed by atoms with van der Waals surface area (Å²) in [4.78, 5) is 2.78. The third-order valence-electron chi connectivity index (χ3n) is 3.54. The number of nitrogens with zero attached hydrogens (tertiary/aromatic N) is 4. The van der Waals surface area contributed by atoms with Gasteiger partial charge in [0, 0.05) is 29.6 Å². The quantitative estimate of drug-likeness (QED) is 0.393. The lowest BCUT2D eigenvalue weighted by molar-refractivity contribution is 0.508. The highest BCUT2D eigenvalue weighted by molar-refractivity contribution is 5.74. The summed E-state index contributed by atoms with van der Waals surface area (Å²) in [5.41, 5.74) is 11.9. The van der Waals surface area contributed by atoms with Crippen LogP contribution in [0.25, 0.3) is 21.7 Å². The normalized spacial score (nSPS) is 13.6. The smallest absolute Gasteiger partial charge is 0.159 e. The van der Waals surface area contributed by atoms with E-state index < -0.39 is 11.6 Å². The predicted octanol–water partition coefficient (Wildman–Crippen LogP) is 4.04. The molecule has 0 saturated carbocycles. The number of aromatic nitrogens is 1. The molecule has 0 aliphatic heterocycles. The Labute approximate surface area is 114 Å². The van der Waals surface area contributed by atoms with Gasteiger partial charge in [0.25, 0.3) is 0 Å². The lowest BCUT2D eigenvalue weighted by Gasteiger charge is -2.11. The van der Waals surface area contributed by atoms with Crippen molar-refractivity contribution >= 4 is 0 Å². The van der Waals surface area contributed by atoms with Crippen molar-refractivity contribution in [3.8, 4) is 11.3 Å². The first kappa shape index (κ1) is 12.7. The molecule has 0 fully saturated rings. The Bertz CT molecular complexity index is 729. The molecule has 1 heterocycles. The number of rotatable bonds is 3. The van der Waals surface area contributed by atoms with Gasteiger partial charge in [-0.3, -0.25) is 0 Å². The van der Waals surface area contributed by atoms with Crippen LogP contribution in [0.15, 0.2) is 29.5 Å².